The minimum atomic E-state index is 0.543. The third-order valence-corrected chi connectivity index (χ3v) is 3.41. The van der Waals surface area contributed by atoms with Crippen molar-refractivity contribution in [2.45, 2.75) is 0 Å². The Morgan fingerprint density at radius 3 is 2.25 bits per heavy atom. The zero-order valence-corrected chi connectivity index (χ0v) is 13.6. The molecule has 3 aromatic rings. The Kier molecular flexibility index (Phi) is 5.32. The third kappa shape index (κ3) is 4.51. The highest BCUT2D eigenvalue weighted by atomic mass is 35.5. The van der Waals surface area contributed by atoms with Gasteiger partial charge < -0.3 is 0 Å². The highest BCUT2D eigenvalue weighted by Gasteiger charge is 2.01. The van der Waals surface area contributed by atoms with E-state index in [4.69, 9.17) is 11.6 Å². The molecule has 2 aromatic carbocycles. The molecule has 3 rings (SSSR count). The van der Waals surface area contributed by atoms with Crippen LogP contribution in [0.4, 0.5) is 0 Å². The summed E-state index contributed by atoms with van der Waals surface area (Å²) >= 11 is 5.86. The largest absolute Gasteiger partial charge is 0.198 e. The smallest absolute Gasteiger partial charge is 0.131 e. The number of rotatable bonds is 5. The van der Waals surface area contributed by atoms with Crippen LogP contribution in [0, 0.1) is 0 Å². The van der Waals surface area contributed by atoms with Crippen LogP contribution in [0.3, 0.4) is 0 Å². The summed E-state index contributed by atoms with van der Waals surface area (Å²) in [5.41, 5.74) is 1.98. The monoisotopic (exact) mass is 334 g/mol. The number of tetrazole rings is 1. The molecule has 0 saturated carbocycles. The molecule has 24 heavy (non-hydrogen) atoms. The summed E-state index contributed by atoms with van der Waals surface area (Å²) < 4.78 is 0. The Morgan fingerprint density at radius 1 is 0.792 bits per heavy atom. The van der Waals surface area contributed by atoms with Gasteiger partial charge in [0.15, 0.2) is 5.82 Å². The molecule has 0 saturated heterocycles. The summed E-state index contributed by atoms with van der Waals surface area (Å²) in [7, 11) is 0. The fraction of sp³-hybridized carbons (Fsp3) is 0. The average molecular weight is 335 g/mol. The van der Waals surface area contributed by atoms with Crippen LogP contribution in [0.2, 0.25) is 5.02 Å². The fourth-order valence-corrected chi connectivity index (χ4v) is 2.10. The molecule has 0 radical (unpaired) electrons. The highest BCUT2D eigenvalue weighted by Crippen LogP contribution is 2.11. The minimum Gasteiger partial charge on any atom is -0.131 e. The standard InChI is InChI=1S/C19H15ClN4/c20-17-12-14-18(15-13-17)24-22-19(21-23-24)11-7-2-1-4-8-16-9-5-3-6-10-16/h1-15H/b2-1+,8-4+,11-7+. The molecule has 0 unspecified atom stereocenters. The van der Waals surface area contributed by atoms with E-state index in [1.807, 2.05) is 60.7 Å². The lowest BCUT2D eigenvalue weighted by molar-refractivity contribution is 0.719. The second kappa shape index (κ2) is 8.04. The van der Waals surface area contributed by atoms with Crippen molar-refractivity contribution in [1.82, 2.24) is 20.2 Å². The maximum atomic E-state index is 5.86. The molecular formula is C19H15ClN4. The van der Waals surface area contributed by atoms with Crippen LogP contribution in [0.1, 0.15) is 11.4 Å². The Morgan fingerprint density at radius 2 is 1.50 bits per heavy atom. The predicted octanol–water partition coefficient (Wildman–Crippen LogP) is 4.60. The number of halogens is 1. The first kappa shape index (κ1) is 15.9. The van der Waals surface area contributed by atoms with Gasteiger partial charge in [0, 0.05) is 5.02 Å². The summed E-state index contributed by atoms with van der Waals surface area (Å²) in [6.45, 7) is 0. The van der Waals surface area contributed by atoms with E-state index < -0.39 is 0 Å². The Balaban J connectivity index is 1.58. The van der Waals surface area contributed by atoms with Crippen molar-refractivity contribution in [2.24, 2.45) is 0 Å². The molecule has 0 atom stereocenters. The van der Waals surface area contributed by atoms with Crippen molar-refractivity contribution in [3.63, 3.8) is 0 Å². The molecule has 0 aliphatic carbocycles. The van der Waals surface area contributed by atoms with E-state index in [0.717, 1.165) is 5.69 Å². The van der Waals surface area contributed by atoms with Gasteiger partial charge in [-0.15, -0.1) is 15.0 Å². The van der Waals surface area contributed by atoms with Crippen LogP contribution in [0.15, 0.2) is 78.9 Å². The van der Waals surface area contributed by atoms with Gasteiger partial charge in [0.25, 0.3) is 0 Å². The minimum absolute atomic E-state index is 0.543. The van der Waals surface area contributed by atoms with Gasteiger partial charge in [-0.3, -0.25) is 0 Å². The molecule has 1 heterocycles. The van der Waals surface area contributed by atoms with Crippen LogP contribution in [-0.2, 0) is 0 Å². The number of benzene rings is 2. The summed E-state index contributed by atoms with van der Waals surface area (Å²) in [4.78, 5) is 1.47. The lowest BCUT2D eigenvalue weighted by Gasteiger charge is -1.96. The SMILES string of the molecule is Clc1ccc(-n2nnc(/C=C/C=C/C=C/c3ccccc3)n2)cc1. The first-order valence-electron chi connectivity index (χ1n) is 7.44. The maximum Gasteiger partial charge on any atom is 0.198 e. The van der Waals surface area contributed by atoms with Gasteiger partial charge in [-0.25, -0.2) is 0 Å². The van der Waals surface area contributed by atoms with Gasteiger partial charge in [-0.2, -0.15) is 0 Å². The number of nitrogens with zero attached hydrogens (tertiary/aromatic N) is 4. The Hall–Kier alpha value is -2.98. The van der Waals surface area contributed by atoms with Crippen LogP contribution in [0.5, 0.6) is 0 Å². The zero-order valence-electron chi connectivity index (χ0n) is 12.8. The van der Waals surface area contributed by atoms with Crippen LogP contribution >= 0.6 is 11.6 Å². The molecule has 0 bridgehead atoms. The maximum absolute atomic E-state index is 5.86. The lowest BCUT2D eigenvalue weighted by Crippen LogP contribution is -1.98. The van der Waals surface area contributed by atoms with Gasteiger partial charge in [0.2, 0.25) is 0 Å². The Labute approximate surface area is 145 Å². The van der Waals surface area contributed by atoms with E-state index >= 15 is 0 Å². The summed E-state index contributed by atoms with van der Waals surface area (Å²) in [5, 5.41) is 13.0. The molecule has 0 spiro atoms. The van der Waals surface area contributed by atoms with E-state index in [2.05, 4.69) is 27.5 Å². The van der Waals surface area contributed by atoms with E-state index in [0.29, 0.717) is 10.8 Å². The molecule has 118 valence electrons. The van der Waals surface area contributed by atoms with Gasteiger partial charge >= 0.3 is 0 Å². The number of allylic oxidation sites excluding steroid dienone is 4. The predicted molar refractivity (Wildman–Crippen MR) is 97.8 cm³/mol. The fourth-order valence-electron chi connectivity index (χ4n) is 1.98. The van der Waals surface area contributed by atoms with Crippen molar-refractivity contribution in [2.75, 3.05) is 0 Å². The van der Waals surface area contributed by atoms with Crippen molar-refractivity contribution in [1.29, 1.82) is 0 Å². The van der Waals surface area contributed by atoms with Gasteiger partial charge in [0.1, 0.15) is 0 Å². The van der Waals surface area contributed by atoms with Gasteiger partial charge in [0.05, 0.1) is 5.69 Å². The van der Waals surface area contributed by atoms with Crippen LogP contribution in [0.25, 0.3) is 17.8 Å². The quantitative estimate of drug-likeness (QED) is 0.640. The molecule has 0 aliphatic heterocycles. The zero-order chi connectivity index (χ0) is 16.6. The second-order valence-corrected chi connectivity index (χ2v) is 5.36. The molecule has 0 N–H and O–H groups in total. The number of aromatic nitrogens is 4. The van der Waals surface area contributed by atoms with Gasteiger partial charge in [-0.05, 0) is 41.1 Å². The molecule has 0 fully saturated rings. The molecule has 0 amide bonds. The van der Waals surface area contributed by atoms with Gasteiger partial charge in [-0.1, -0.05) is 72.3 Å². The van der Waals surface area contributed by atoms with Crippen LogP contribution < -0.4 is 0 Å². The summed E-state index contributed by atoms with van der Waals surface area (Å²) in [6.07, 6.45) is 11.6. The molecule has 5 heteroatoms. The topological polar surface area (TPSA) is 43.6 Å². The molecule has 4 nitrogen and oxygen atoms in total. The number of hydrogen-bond acceptors (Lipinski definition) is 3. The van der Waals surface area contributed by atoms with E-state index in [1.165, 1.54) is 10.4 Å². The summed E-state index contributed by atoms with van der Waals surface area (Å²) in [5.74, 6) is 0.543. The van der Waals surface area contributed by atoms with E-state index in [1.54, 1.807) is 18.2 Å². The molecular weight excluding hydrogens is 320 g/mol. The molecule has 0 aliphatic rings. The highest BCUT2D eigenvalue weighted by molar-refractivity contribution is 6.30. The third-order valence-electron chi connectivity index (χ3n) is 3.15. The van der Waals surface area contributed by atoms with Crippen molar-refractivity contribution in [3.8, 4) is 5.69 Å². The van der Waals surface area contributed by atoms with Crippen LogP contribution in [-0.4, -0.2) is 20.2 Å². The number of hydrogen-bond donors (Lipinski definition) is 0. The van der Waals surface area contributed by atoms with E-state index in [9.17, 15) is 0 Å². The van der Waals surface area contributed by atoms with Crippen molar-refractivity contribution in [3.05, 3.63) is 95.3 Å². The Bertz CT molecular complexity index is 862. The second-order valence-electron chi connectivity index (χ2n) is 4.93. The lowest BCUT2D eigenvalue weighted by atomic mass is 10.2. The average Bonchev–Trinajstić information content (AvgIpc) is 3.08. The summed E-state index contributed by atoms with van der Waals surface area (Å²) in [6, 6.07) is 17.4. The van der Waals surface area contributed by atoms with Crippen molar-refractivity contribution >= 4 is 23.8 Å². The normalized spacial score (nSPS) is 11.9. The van der Waals surface area contributed by atoms with Crippen molar-refractivity contribution < 1.29 is 0 Å². The molecule has 1 aromatic heterocycles. The first-order chi connectivity index (χ1) is 11.8. The van der Waals surface area contributed by atoms with E-state index in [-0.39, 0.29) is 0 Å². The first-order valence-corrected chi connectivity index (χ1v) is 7.81.